The molecule has 2 N–H and O–H groups in total. The largest absolute Gasteiger partial charge is 0.492 e. The molecule has 1 heterocycles. The molecule has 0 bridgehead atoms. The fourth-order valence-electron chi connectivity index (χ4n) is 4.29. The number of para-hydroxylation sites is 1. The lowest BCUT2D eigenvalue weighted by atomic mass is 9.94. The third-order valence-electron chi connectivity index (χ3n) is 5.80. The first kappa shape index (κ1) is 28.8. The number of esters is 1. The van der Waals surface area contributed by atoms with Gasteiger partial charge in [-0.2, -0.15) is 0 Å². The van der Waals surface area contributed by atoms with Crippen molar-refractivity contribution in [3.63, 3.8) is 0 Å². The first-order chi connectivity index (χ1) is 17.6. The van der Waals surface area contributed by atoms with Crippen LogP contribution in [0.2, 0.25) is 5.02 Å². The molecular formula is C28H37ClN2O6. The Morgan fingerprint density at radius 2 is 1.95 bits per heavy atom. The van der Waals surface area contributed by atoms with Gasteiger partial charge < -0.3 is 29.6 Å². The number of ether oxygens (including phenoxy) is 4. The van der Waals surface area contributed by atoms with E-state index in [4.69, 9.17) is 36.3 Å². The van der Waals surface area contributed by atoms with Gasteiger partial charge in [0.2, 0.25) is 0 Å². The highest BCUT2D eigenvalue weighted by Gasteiger charge is 2.40. The first-order valence-electron chi connectivity index (χ1n) is 12.5. The molecule has 0 radical (unpaired) electrons. The maximum absolute atomic E-state index is 13.9. The zero-order chi connectivity index (χ0) is 27.2. The van der Waals surface area contributed by atoms with Crippen LogP contribution in [0.15, 0.2) is 36.4 Å². The summed E-state index contributed by atoms with van der Waals surface area (Å²) in [5.41, 5.74) is 7.40. The summed E-state index contributed by atoms with van der Waals surface area (Å²) in [6.07, 6.45) is -1.39. The number of carbonyl (C=O) groups is 2. The molecule has 8 nitrogen and oxygen atoms in total. The second kappa shape index (κ2) is 12.6. The number of amides is 1. The molecule has 0 aromatic heterocycles. The van der Waals surface area contributed by atoms with Crippen LogP contribution in [0.3, 0.4) is 0 Å². The van der Waals surface area contributed by atoms with Crippen LogP contribution in [0, 0.1) is 5.41 Å². The molecule has 3 rings (SSSR count). The van der Waals surface area contributed by atoms with Crippen LogP contribution in [-0.4, -0.2) is 51.4 Å². The Balaban J connectivity index is 2.19. The van der Waals surface area contributed by atoms with Gasteiger partial charge in [-0.05, 0) is 49.6 Å². The lowest BCUT2D eigenvalue weighted by molar-refractivity contribution is -0.151. The molecule has 2 aromatic rings. The zero-order valence-corrected chi connectivity index (χ0v) is 23.0. The maximum atomic E-state index is 13.9. The summed E-state index contributed by atoms with van der Waals surface area (Å²) in [6.45, 7) is 9.41. The van der Waals surface area contributed by atoms with Gasteiger partial charge in [0.15, 0.2) is 11.5 Å². The van der Waals surface area contributed by atoms with E-state index in [0.29, 0.717) is 59.5 Å². The number of anilines is 1. The molecule has 1 amide bonds. The summed E-state index contributed by atoms with van der Waals surface area (Å²) < 4.78 is 23.3. The van der Waals surface area contributed by atoms with Crippen molar-refractivity contribution in [2.75, 3.05) is 38.3 Å². The predicted octanol–water partition coefficient (Wildman–Crippen LogP) is 4.90. The van der Waals surface area contributed by atoms with Crippen molar-refractivity contribution in [1.82, 2.24) is 0 Å². The van der Waals surface area contributed by atoms with Gasteiger partial charge in [0, 0.05) is 28.4 Å². The van der Waals surface area contributed by atoms with Gasteiger partial charge in [-0.1, -0.05) is 44.5 Å². The third-order valence-corrected chi connectivity index (χ3v) is 6.03. The van der Waals surface area contributed by atoms with Crippen molar-refractivity contribution >= 4 is 29.2 Å². The van der Waals surface area contributed by atoms with Crippen LogP contribution in [0.1, 0.15) is 57.8 Å². The summed E-state index contributed by atoms with van der Waals surface area (Å²) in [5.74, 6) is 0.181. The van der Waals surface area contributed by atoms with E-state index in [1.165, 1.54) is 0 Å². The Kier molecular flexibility index (Phi) is 9.81. The number of hydrogen-bond acceptors (Lipinski definition) is 7. The lowest BCUT2D eigenvalue weighted by Gasteiger charge is -2.31. The minimum atomic E-state index is -1.08. The monoisotopic (exact) mass is 532 g/mol. The van der Waals surface area contributed by atoms with Gasteiger partial charge >= 0.3 is 5.97 Å². The standard InChI is InChI=1S/C28H37ClN2O6/c1-6-35-24(32)16-23-27(33)31(17-28(2,3)4)21-12-11-18(29)15-20(21)25(37-23)19-9-7-10-22(26(19)34-5)36-14-8-13-30/h7,9-12,15,23,25H,6,8,13-14,16-17,30H2,1-5H3/t23-,25-/m1/s1. The molecule has 1 aliphatic heterocycles. The SMILES string of the molecule is CCOC(=O)C[C@H]1O[C@H](c2cccc(OCCCN)c2OC)c2cc(Cl)ccc2N(CC(C)(C)C)C1=O. The second-order valence-corrected chi connectivity index (χ2v) is 10.5. The second-order valence-electron chi connectivity index (χ2n) is 10.1. The summed E-state index contributed by atoms with van der Waals surface area (Å²) in [4.78, 5) is 28.1. The molecule has 0 unspecified atom stereocenters. The molecule has 0 saturated heterocycles. The third kappa shape index (κ3) is 7.15. The molecule has 0 saturated carbocycles. The van der Waals surface area contributed by atoms with Crippen LogP contribution >= 0.6 is 11.6 Å². The van der Waals surface area contributed by atoms with E-state index in [9.17, 15) is 9.59 Å². The minimum Gasteiger partial charge on any atom is -0.492 e. The van der Waals surface area contributed by atoms with Crippen LogP contribution < -0.4 is 20.1 Å². The number of hydrogen-bond donors (Lipinski definition) is 1. The lowest BCUT2D eigenvalue weighted by Crippen LogP contribution is -2.44. The number of halogens is 1. The quantitative estimate of drug-likeness (QED) is 0.343. The normalized spacial score (nSPS) is 17.7. The van der Waals surface area contributed by atoms with Gasteiger partial charge in [0.25, 0.3) is 5.91 Å². The molecule has 0 aliphatic carbocycles. The van der Waals surface area contributed by atoms with Crippen molar-refractivity contribution in [1.29, 1.82) is 0 Å². The van der Waals surface area contributed by atoms with E-state index >= 15 is 0 Å². The molecule has 202 valence electrons. The Hall–Kier alpha value is -2.81. The molecule has 0 fully saturated rings. The Bertz CT molecular complexity index is 1100. The Morgan fingerprint density at radius 1 is 1.19 bits per heavy atom. The van der Waals surface area contributed by atoms with Crippen molar-refractivity contribution in [2.45, 2.75) is 52.7 Å². The molecule has 37 heavy (non-hydrogen) atoms. The average Bonchev–Trinajstić information content (AvgIpc) is 2.93. The number of carbonyl (C=O) groups excluding carboxylic acids is 2. The highest BCUT2D eigenvalue weighted by atomic mass is 35.5. The fourth-order valence-corrected chi connectivity index (χ4v) is 4.47. The van der Waals surface area contributed by atoms with Gasteiger partial charge in [-0.25, -0.2) is 0 Å². The minimum absolute atomic E-state index is 0.209. The molecule has 9 heteroatoms. The van der Waals surface area contributed by atoms with E-state index in [2.05, 4.69) is 0 Å². The molecule has 0 spiro atoms. The van der Waals surface area contributed by atoms with Crippen molar-refractivity contribution < 1.29 is 28.5 Å². The Labute approximate surface area is 224 Å². The Morgan fingerprint density at radius 3 is 2.59 bits per heavy atom. The van der Waals surface area contributed by atoms with Crippen LogP contribution in [0.25, 0.3) is 0 Å². The van der Waals surface area contributed by atoms with Crippen molar-refractivity contribution in [3.05, 3.63) is 52.5 Å². The molecule has 1 aliphatic rings. The summed E-state index contributed by atoms with van der Waals surface area (Å²) in [5, 5.41) is 0.494. The summed E-state index contributed by atoms with van der Waals surface area (Å²) in [7, 11) is 1.55. The average molecular weight is 533 g/mol. The maximum Gasteiger partial charge on any atom is 0.308 e. The van der Waals surface area contributed by atoms with E-state index in [1.807, 2.05) is 45.0 Å². The van der Waals surface area contributed by atoms with Gasteiger partial charge in [0.05, 0.1) is 26.7 Å². The van der Waals surface area contributed by atoms with E-state index < -0.39 is 18.2 Å². The first-order valence-corrected chi connectivity index (χ1v) is 12.9. The number of nitrogens with zero attached hydrogens (tertiary/aromatic N) is 1. The van der Waals surface area contributed by atoms with Crippen LogP contribution in [-0.2, 0) is 19.1 Å². The molecular weight excluding hydrogens is 496 g/mol. The number of benzene rings is 2. The molecule has 2 aromatic carbocycles. The van der Waals surface area contributed by atoms with Crippen molar-refractivity contribution in [3.8, 4) is 11.5 Å². The van der Waals surface area contributed by atoms with Crippen molar-refractivity contribution in [2.24, 2.45) is 11.1 Å². The number of nitrogens with two attached hydrogens (primary N) is 1. The zero-order valence-electron chi connectivity index (χ0n) is 22.2. The van der Waals surface area contributed by atoms with Gasteiger partial charge in [-0.3, -0.25) is 9.59 Å². The highest BCUT2D eigenvalue weighted by Crippen LogP contribution is 2.45. The smallest absolute Gasteiger partial charge is 0.308 e. The van der Waals surface area contributed by atoms with Gasteiger partial charge in [-0.15, -0.1) is 0 Å². The van der Waals surface area contributed by atoms with E-state index in [0.717, 1.165) is 0 Å². The van der Waals surface area contributed by atoms with Crippen LogP contribution in [0.5, 0.6) is 11.5 Å². The number of methoxy groups -OCH3 is 1. The highest BCUT2D eigenvalue weighted by molar-refractivity contribution is 6.30. The topological polar surface area (TPSA) is 100 Å². The van der Waals surface area contributed by atoms with Gasteiger partial charge in [0.1, 0.15) is 12.2 Å². The fraction of sp³-hybridized carbons (Fsp3) is 0.500. The number of rotatable bonds is 10. The van der Waals surface area contributed by atoms with E-state index in [1.54, 1.807) is 31.1 Å². The summed E-state index contributed by atoms with van der Waals surface area (Å²) >= 11 is 6.45. The predicted molar refractivity (Wildman–Crippen MR) is 143 cm³/mol. The van der Waals surface area contributed by atoms with Crippen LogP contribution in [0.4, 0.5) is 5.69 Å². The van der Waals surface area contributed by atoms with E-state index in [-0.39, 0.29) is 24.3 Å². The molecule has 2 atom stereocenters. The number of fused-ring (bicyclic) bond motifs is 1. The summed E-state index contributed by atoms with van der Waals surface area (Å²) in [6, 6.07) is 10.9.